The van der Waals surface area contributed by atoms with Gasteiger partial charge in [-0.1, -0.05) is 53.0 Å². The first-order valence-corrected chi connectivity index (χ1v) is 16.0. The number of likely N-dealkylation sites (N-methyl/N-ethyl adjacent to an activating group) is 2. The number of unbranched alkanes of at least 4 members (excludes halogenated alkanes) is 2. The van der Waals surface area contributed by atoms with Crippen LogP contribution in [0.2, 0.25) is 0 Å². The van der Waals surface area contributed by atoms with Gasteiger partial charge in [0.2, 0.25) is 0 Å². The van der Waals surface area contributed by atoms with E-state index in [9.17, 15) is 14.4 Å². The summed E-state index contributed by atoms with van der Waals surface area (Å²) in [6, 6.07) is 7.49. The number of nitriles is 1. The molecule has 0 spiro atoms. The zero-order valence-corrected chi connectivity index (χ0v) is 30.8. The number of aromatic amines is 1. The second kappa shape index (κ2) is 23.3. The Labute approximate surface area is 292 Å². The number of hydrogen-bond acceptors (Lipinski definition) is 10. The average Bonchev–Trinajstić information content (AvgIpc) is 3.62. The van der Waals surface area contributed by atoms with E-state index in [0.717, 1.165) is 60.7 Å². The van der Waals surface area contributed by atoms with Gasteiger partial charge in [-0.25, -0.2) is 11.3 Å². The third-order valence-corrected chi connectivity index (χ3v) is 8.46. The third kappa shape index (κ3) is 16.1. The van der Waals surface area contributed by atoms with Crippen molar-refractivity contribution in [2.24, 2.45) is 23.2 Å². The molecule has 47 heavy (non-hydrogen) atoms. The van der Waals surface area contributed by atoms with Crippen LogP contribution in [0.15, 0.2) is 23.0 Å². The van der Waals surface area contributed by atoms with Gasteiger partial charge in [0.15, 0.2) is 0 Å². The van der Waals surface area contributed by atoms with Crippen molar-refractivity contribution < 1.29 is 42.4 Å². The Morgan fingerprint density at radius 1 is 1.21 bits per heavy atom. The summed E-state index contributed by atoms with van der Waals surface area (Å²) < 4.78 is 9.03. The average molecular weight is 692 g/mol. The first-order chi connectivity index (χ1) is 21.9. The van der Waals surface area contributed by atoms with E-state index in [1.54, 1.807) is 14.2 Å². The Balaban J connectivity index is 0.000000711. The van der Waals surface area contributed by atoms with E-state index in [4.69, 9.17) is 14.8 Å². The van der Waals surface area contributed by atoms with Crippen LogP contribution in [0.5, 0.6) is 5.75 Å². The zero-order chi connectivity index (χ0) is 34.7. The first-order valence-electron chi connectivity index (χ1n) is 16.0. The first kappa shape index (κ1) is 44.0. The van der Waals surface area contributed by atoms with Crippen LogP contribution in [0, 0.1) is 34.5 Å². The number of rotatable bonds is 12. The number of nitrogens with zero attached hydrogens (tertiary/aromatic N) is 3. The van der Waals surface area contributed by atoms with Crippen molar-refractivity contribution in [1.82, 2.24) is 20.2 Å². The number of aromatic nitrogens is 2. The number of carbonyl (C=O) groups excluding carboxylic acids is 3. The van der Waals surface area contributed by atoms with Crippen molar-refractivity contribution >= 4 is 30.1 Å². The van der Waals surface area contributed by atoms with Crippen LogP contribution in [0.3, 0.4) is 0 Å². The monoisotopic (exact) mass is 691 g/mol. The van der Waals surface area contributed by atoms with Crippen LogP contribution in [-0.2, 0) is 44.1 Å². The summed E-state index contributed by atoms with van der Waals surface area (Å²) in [5, 5.41) is 11.4. The minimum absolute atomic E-state index is 0. The molecule has 1 aromatic carbocycles. The maximum absolute atomic E-state index is 12.1. The largest absolute Gasteiger partial charge is 0.540 e. The smallest absolute Gasteiger partial charge is 0.292 e. The molecule has 2 N–H and O–H groups in total. The number of methoxy groups -OCH3 is 2. The van der Waals surface area contributed by atoms with Crippen molar-refractivity contribution in [1.29, 1.82) is 5.26 Å². The Morgan fingerprint density at radius 2 is 1.87 bits per heavy atom. The molecule has 0 bridgehead atoms. The number of H-pyrrole nitrogens is 1. The number of fused-ring (bicyclic) bond motifs is 1. The summed E-state index contributed by atoms with van der Waals surface area (Å²) in [5.41, 5.74) is 2.17. The summed E-state index contributed by atoms with van der Waals surface area (Å²) in [7, 11) is 6.62. The molecule has 2 aliphatic rings. The maximum Gasteiger partial charge on any atom is 0.292 e. The number of nitrogens with one attached hydrogen (secondary N) is 2. The molecule has 1 aromatic heterocycles. The molecule has 5 unspecified atom stereocenters. The molecule has 12 heteroatoms. The molecule has 261 valence electrons. The molecule has 2 heterocycles. The van der Waals surface area contributed by atoms with Crippen LogP contribution in [0.4, 0.5) is 0 Å². The predicted octanol–water partition coefficient (Wildman–Crippen LogP) is 4.63. The third-order valence-electron chi connectivity index (χ3n) is 8.46. The van der Waals surface area contributed by atoms with Crippen molar-refractivity contribution in [3.63, 3.8) is 0 Å². The fourth-order valence-electron chi connectivity index (χ4n) is 5.33. The standard InChI is InChI=1S/C18H24N2O2.C8H11N2O.C7H15NO.C2H4O2.V/c1-12-10-13(12)6-4-3-5-7-16-18(21)20-17-11-14(22-2)8-9-15(17)19-16;1-10-5-3-7(2-4-9)8(10)6-11;1-7(2,3)6(5-9)8-4;1-4-2-3;/h8-9,11-13H,3-7,10H2,1-2H3,(H,20,21);7-8H,2-3,5H2,1H3;5-6,8H,1-4H3;2H,1H3;/q;-1;;;. The van der Waals surface area contributed by atoms with E-state index >= 15 is 0 Å². The quantitative estimate of drug-likeness (QED) is 0.183. The second-order valence-electron chi connectivity index (χ2n) is 13.0. The summed E-state index contributed by atoms with van der Waals surface area (Å²) in [5.74, 6) is 2.86. The van der Waals surface area contributed by atoms with E-state index in [-0.39, 0.29) is 47.5 Å². The molecule has 2 fully saturated rings. The van der Waals surface area contributed by atoms with E-state index in [2.05, 4.69) is 33.0 Å². The van der Waals surface area contributed by atoms with Crippen LogP contribution in [-0.4, -0.2) is 80.9 Å². The normalized spacial score (nSPS) is 20.2. The molecule has 2 aromatic rings. The molecule has 5 atom stereocenters. The molecule has 1 aliphatic carbocycles. The topological polar surface area (TPSA) is 154 Å². The van der Waals surface area contributed by atoms with Crippen molar-refractivity contribution in [3.05, 3.63) is 34.2 Å². The van der Waals surface area contributed by atoms with Gasteiger partial charge in [0, 0.05) is 31.0 Å². The van der Waals surface area contributed by atoms with Gasteiger partial charge in [0.05, 0.1) is 37.4 Å². The van der Waals surface area contributed by atoms with Gasteiger partial charge in [-0.15, -0.1) is 0 Å². The van der Waals surface area contributed by atoms with E-state index < -0.39 is 0 Å². The molecule has 11 nitrogen and oxygen atoms in total. The van der Waals surface area contributed by atoms with Crippen LogP contribution in [0.1, 0.15) is 78.3 Å². The number of aryl methyl sites for hydroxylation is 1. The number of likely N-dealkylation sites (tertiary alicyclic amines) is 1. The molecule has 1 saturated heterocycles. The molecule has 1 radical (unpaired) electrons. The van der Waals surface area contributed by atoms with Crippen LogP contribution < -0.4 is 15.6 Å². The second-order valence-corrected chi connectivity index (χ2v) is 13.0. The Hall–Kier alpha value is -3.04. The predicted molar refractivity (Wildman–Crippen MR) is 180 cm³/mol. The summed E-state index contributed by atoms with van der Waals surface area (Å²) in [4.78, 5) is 51.2. The van der Waals surface area contributed by atoms with Crippen molar-refractivity contribution in [3.8, 4) is 11.8 Å². The van der Waals surface area contributed by atoms with Crippen molar-refractivity contribution in [2.75, 3.05) is 34.9 Å². The number of aldehydes is 1. The molecular formula is C35H54N5O6V-. The number of benzene rings is 1. The molecule has 0 amide bonds. The fraction of sp³-hybridized carbons (Fsp3) is 0.657. The van der Waals surface area contributed by atoms with E-state index in [1.165, 1.54) is 32.8 Å². The van der Waals surface area contributed by atoms with Gasteiger partial charge in [-0.05, 0) is 81.6 Å². The van der Waals surface area contributed by atoms with Gasteiger partial charge in [-0.3, -0.25) is 9.59 Å². The molecule has 4 rings (SSSR count). The van der Waals surface area contributed by atoms with E-state index in [1.807, 2.05) is 57.2 Å². The molecular weight excluding hydrogens is 637 g/mol. The SMILES string of the molecule is CN1CCC(CC#N)C1[C-]=O.CNC(C=O)C(C)(C)C.COC=O.COc1ccc2nc(CCCCCC3CC3C)c(=O)[nH]c2c1.[V]. The minimum atomic E-state index is -0.144. The van der Waals surface area contributed by atoms with Gasteiger partial charge in [0.25, 0.3) is 12.0 Å². The molecule has 1 aliphatic heterocycles. The Kier molecular flexibility index (Phi) is 21.8. The minimum Gasteiger partial charge on any atom is -0.540 e. The summed E-state index contributed by atoms with van der Waals surface area (Å²) >= 11 is 0. The van der Waals surface area contributed by atoms with E-state index in [0.29, 0.717) is 18.6 Å². The summed E-state index contributed by atoms with van der Waals surface area (Å²) in [6.45, 7) is 9.71. The number of carbonyl (C=O) groups is 2. The van der Waals surface area contributed by atoms with Crippen LogP contribution >= 0.6 is 0 Å². The van der Waals surface area contributed by atoms with Gasteiger partial charge >= 0.3 is 0 Å². The van der Waals surface area contributed by atoms with Crippen molar-refractivity contribution in [2.45, 2.75) is 91.1 Å². The fourth-order valence-corrected chi connectivity index (χ4v) is 5.33. The van der Waals surface area contributed by atoms with Gasteiger partial charge in [-0.2, -0.15) is 5.26 Å². The Bertz CT molecular complexity index is 1310. The van der Waals surface area contributed by atoms with Gasteiger partial charge in [0.1, 0.15) is 17.7 Å². The zero-order valence-electron chi connectivity index (χ0n) is 29.4. The Morgan fingerprint density at radius 3 is 2.34 bits per heavy atom. The van der Waals surface area contributed by atoms with Crippen LogP contribution in [0.25, 0.3) is 11.0 Å². The number of ether oxygens (including phenoxy) is 2. The number of hydrogen-bond donors (Lipinski definition) is 2. The van der Waals surface area contributed by atoms with Gasteiger partial charge < -0.3 is 34.3 Å². The maximum atomic E-state index is 12.1. The molecule has 1 saturated carbocycles. The summed E-state index contributed by atoms with van der Waals surface area (Å²) in [6.07, 6.45) is 11.4.